The number of fused-ring (bicyclic) bond motifs is 1. The Labute approximate surface area is 167 Å². The van der Waals surface area contributed by atoms with E-state index in [0.29, 0.717) is 24.6 Å². The van der Waals surface area contributed by atoms with Gasteiger partial charge in [0.1, 0.15) is 17.3 Å². The molecule has 152 valence electrons. The Morgan fingerprint density at radius 3 is 2.79 bits per heavy atom. The number of carbonyl (C=O) groups excluding carboxylic acids is 1. The molecule has 0 unspecified atom stereocenters. The summed E-state index contributed by atoms with van der Waals surface area (Å²) in [4.78, 5) is 32.5. The van der Waals surface area contributed by atoms with Crippen LogP contribution in [0, 0.1) is 0 Å². The molecule has 3 aromatic rings. The number of thiazole rings is 1. The molecular weight excluding hydrogens is 405 g/mol. The number of hydrogen-bond donors (Lipinski definition) is 2. The minimum Gasteiger partial charge on any atom is -0.350 e. The van der Waals surface area contributed by atoms with Gasteiger partial charge in [-0.15, -0.1) is 0 Å². The van der Waals surface area contributed by atoms with E-state index in [1.54, 1.807) is 4.90 Å². The first-order valence-electron chi connectivity index (χ1n) is 9.02. The van der Waals surface area contributed by atoms with Gasteiger partial charge in [0.25, 0.3) is 5.56 Å². The maximum Gasteiger partial charge on any atom is 0.431 e. The lowest BCUT2D eigenvalue weighted by molar-refractivity contribution is -0.141. The van der Waals surface area contributed by atoms with Crippen molar-refractivity contribution in [2.75, 3.05) is 11.4 Å². The van der Waals surface area contributed by atoms with Gasteiger partial charge in [-0.3, -0.25) is 9.59 Å². The van der Waals surface area contributed by atoms with Gasteiger partial charge in [0.05, 0.1) is 4.70 Å². The first-order chi connectivity index (χ1) is 13.8. The van der Waals surface area contributed by atoms with Gasteiger partial charge < -0.3 is 15.2 Å². The number of pyridine rings is 1. The lowest BCUT2D eigenvalue weighted by Crippen LogP contribution is -2.43. The van der Waals surface area contributed by atoms with Crippen molar-refractivity contribution in [1.29, 1.82) is 0 Å². The van der Waals surface area contributed by atoms with E-state index in [-0.39, 0.29) is 16.1 Å². The monoisotopic (exact) mass is 422 g/mol. The summed E-state index contributed by atoms with van der Waals surface area (Å²) in [6, 6.07) is 9.89. The highest BCUT2D eigenvalue weighted by atomic mass is 32.1. The van der Waals surface area contributed by atoms with Gasteiger partial charge in [-0.2, -0.15) is 13.2 Å². The average molecular weight is 422 g/mol. The first kappa shape index (κ1) is 19.4. The number of aromatic amines is 1. The molecule has 6 nitrogen and oxygen atoms in total. The molecule has 2 N–H and O–H groups in total. The Bertz CT molecular complexity index is 1090. The van der Waals surface area contributed by atoms with Crippen molar-refractivity contribution in [1.82, 2.24) is 15.3 Å². The smallest absolute Gasteiger partial charge is 0.350 e. The second kappa shape index (κ2) is 7.51. The number of benzene rings is 1. The zero-order valence-electron chi connectivity index (χ0n) is 15.1. The molecule has 1 fully saturated rings. The van der Waals surface area contributed by atoms with Crippen molar-refractivity contribution in [3.8, 4) is 0 Å². The Morgan fingerprint density at radius 2 is 2.07 bits per heavy atom. The van der Waals surface area contributed by atoms with Crippen LogP contribution in [0.2, 0.25) is 0 Å². The lowest BCUT2D eigenvalue weighted by atomic mass is 10.2. The lowest BCUT2D eigenvalue weighted by Gasteiger charge is -2.23. The first-order valence-corrected chi connectivity index (χ1v) is 9.84. The highest BCUT2D eigenvalue weighted by Crippen LogP contribution is 2.35. The quantitative estimate of drug-likeness (QED) is 0.677. The zero-order valence-corrected chi connectivity index (χ0v) is 15.9. The van der Waals surface area contributed by atoms with Crippen LogP contribution >= 0.6 is 11.3 Å². The van der Waals surface area contributed by atoms with Crippen LogP contribution in [0.5, 0.6) is 0 Å². The van der Waals surface area contributed by atoms with Crippen molar-refractivity contribution in [3.05, 3.63) is 58.0 Å². The molecule has 29 heavy (non-hydrogen) atoms. The molecule has 0 saturated carbocycles. The number of aromatic nitrogens is 2. The molecule has 0 radical (unpaired) electrons. The molecule has 0 spiro atoms. The number of H-pyrrole nitrogens is 1. The van der Waals surface area contributed by atoms with Crippen LogP contribution in [0.4, 0.5) is 18.3 Å². The summed E-state index contributed by atoms with van der Waals surface area (Å²) in [6.45, 7) is 0.936. The topological polar surface area (TPSA) is 78.1 Å². The Kier molecular flexibility index (Phi) is 5.03. The molecule has 0 bridgehead atoms. The second-order valence-electron chi connectivity index (χ2n) is 6.77. The maximum atomic E-state index is 12.9. The second-order valence-corrected chi connectivity index (χ2v) is 7.78. The fourth-order valence-electron chi connectivity index (χ4n) is 3.38. The van der Waals surface area contributed by atoms with Gasteiger partial charge in [-0.25, -0.2) is 4.98 Å². The summed E-state index contributed by atoms with van der Waals surface area (Å²) >= 11 is 0.989. The van der Waals surface area contributed by atoms with Gasteiger partial charge in [0, 0.05) is 13.1 Å². The predicted molar refractivity (Wildman–Crippen MR) is 104 cm³/mol. The molecule has 1 aliphatic heterocycles. The van der Waals surface area contributed by atoms with Gasteiger partial charge in [-0.1, -0.05) is 41.7 Å². The van der Waals surface area contributed by atoms with Crippen molar-refractivity contribution >= 4 is 32.6 Å². The number of anilines is 1. The maximum absolute atomic E-state index is 12.9. The van der Waals surface area contributed by atoms with Crippen LogP contribution in [0.1, 0.15) is 24.1 Å². The number of rotatable bonds is 4. The molecule has 1 aliphatic rings. The van der Waals surface area contributed by atoms with E-state index in [1.807, 2.05) is 35.3 Å². The molecule has 3 heterocycles. The Balaban J connectivity index is 1.56. The summed E-state index contributed by atoms with van der Waals surface area (Å²) in [7, 11) is 0. The average Bonchev–Trinajstić information content (AvgIpc) is 3.33. The van der Waals surface area contributed by atoms with Gasteiger partial charge >= 0.3 is 6.18 Å². The van der Waals surface area contributed by atoms with Crippen LogP contribution in [0.15, 0.2) is 41.2 Å². The van der Waals surface area contributed by atoms with E-state index in [9.17, 15) is 22.8 Å². The van der Waals surface area contributed by atoms with Crippen LogP contribution in [-0.2, 0) is 17.5 Å². The predicted octanol–water partition coefficient (Wildman–Crippen LogP) is 3.29. The highest BCUT2D eigenvalue weighted by Gasteiger charge is 2.35. The molecule has 10 heteroatoms. The zero-order chi connectivity index (χ0) is 20.6. The number of alkyl halides is 3. The van der Waals surface area contributed by atoms with E-state index >= 15 is 0 Å². The fourth-order valence-corrected chi connectivity index (χ4v) is 4.46. The van der Waals surface area contributed by atoms with Crippen molar-refractivity contribution in [2.24, 2.45) is 0 Å². The number of hydrogen-bond acceptors (Lipinski definition) is 5. The normalized spacial score (nSPS) is 17.1. The van der Waals surface area contributed by atoms with Gasteiger partial charge in [0.15, 0.2) is 5.13 Å². The van der Waals surface area contributed by atoms with Gasteiger partial charge in [0.2, 0.25) is 5.91 Å². The van der Waals surface area contributed by atoms with Crippen molar-refractivity contribution < 1.29 is 18.0 Å². The van der Waals surface area contributed by atoms with Gasteiger partial charge in [-0.05, 0) is 24.5 Å². The molecule has 1 atom stereocenters. The molecule has 1 aromatic carbocycles. The Hall–Kier alpha value is -2.88. The van der Waals surface area contributed by atoms with E-state index in [4.69, 9.17) is 0 Å². The van der Waals surface area contributed by atoms with E-state index in [1.165, 1.54) is 0 Å². The highest BCUT2D eigenvalue weighted by molar-refractivity contribution is 7.22. The van der Waals surface area contributed by atoms with Crippen LogP contribution in [0.3, 0.4) is 0 Å². The van der Waals surface area contributed by atoms with E-state index < -0.39 is 23.5 Å². The molecule has 1 saturated heterocycles. The SMILES string of the molecule is O=C(NCc1ccccc1)[C@H]1CCCN1c1nc2c(=O)[nH]c(C(F)(F)F)cc2s1. The van der Waals surface area contributed by atoms with Crippen LogP contribution in [0.25, 0.3) is 10.2 Å². The number of carbonyl (C=O) groups is 1. The summed E-state index contributed by atoms with van der Waals surface area (Å²) < 4.78 is 39.0. The third kappa shape index (κ3) is 3.98. The van der Waals surface area contributed by atoms with E-state index in [2.05, 4.69) is 10.3 Å². The summed E-state index contributed by atoms with van der Waals surface area (Å²) in [5.74, 6) is -0.171. The van der Waals surface area contributed by atoms with Crippen LogP contribution in [-0.4, -0.2) is 28.5 Å². The Morgan fingerprint density at radius 1 is 1.31 bits per heavy atom. The summed E-state index contributed by atoms with van der Waals surface area (Å²) in [6.07, 6.45) is -3.28. The van der Waals surface area contributed by atoms with Crippen molar-refractivity contribution in [3.63, 3.8) is 0 Å². The molecule has 4 rings (SSSR count). The van der Waals surface area contributed by atoms with Crippen LogP contribution < -0.4 is 15.8 Å². The fraction of sp³-hybridized carbons (Fsp3) is 0.316. The molecule has 2 aromatic heterocycles. The summed E-state index contributed by atoms with van der Waals surface area (Å²) in [5.41, 5.74) is -1.07. The third-order valence-corrected chi connectivity index (χ3v) is 5.84. The minimum atomic E-state index is -4.65. The number of halogens is 3. The standard InChI is InChI=1S/C19H17F3N4O2S/c20-19(21,22)14-9-13-15(17(28)24-14)25-18(29-13)26-8-4-7-12(26)16(27)23-10-11-5-2-1-3-6-11/h1-3,5-6,9,12H,4,7-8,10H2,(H,23,27)(H,24,28)/t12-/m1/s1. The largest absolute Gasteiger partial charge is 0.431 e. The number of amides is 1. The van der Waals surface area contributed by atoms with E-state index in [0.717, 1.165) is 29.4 Å². The molecule has 1 amide bonds. The number of nitrogens with one attached hydrogen (secondary N) is 2. The molecule has 0 aliphatic carbocycles. The molecular formula is C19H17F3N4O2S. The third-order valence-electron chi connectivity index (χ3n) is 4.80. The number of nitrogens with zero attached hydrogens (tertiary/aromatic N) is 2. The minimum absolute atomic E-state index is 0.0478. The summed E-state index contributed by atoms with van der Waals surface area (Å²) in [5, 5.41) is 3.27. The van der Waals surface area contributed by atoms with Crippen molar-refractivity contribution in [2.45, 2.75) is 31.6 Å².